The lowest BCUT2D eigenvalue weighted by molar-refractivity contribution is 1.18. The van der Waals surface area contributed by atoms with E-state index < -0.39 is 0 Å². The van der Waals surface area contributed by atoms with Crippen LogP contribution in [0.3, 0.4) is 0 Å². The summed E-state index contributed by atoms with van der Waals surface area (Å²) in [5.74, 6) is 0. The molecule has 70 heavy (non-hydrogen) atoms. The molecule has 0 radical (unpaired) electrons. The van der Waals surface area contributed by atoms with Crippen LogP contribution in [0.4, 0.5) is 17.1 Å². The van der Waals surface area contributed by atoms with Crippen LogP contribution in [0.2, 0.25) is 0 Å². The fourth-order valence-electron chi connectivity index (χ4n) is 11.0. The molecule has 0 saturated heterocycles. The Morgan fingerprint density at radius 1 is 0.271 bits per heavy atom. The van der Waals surface area contributed by atoms with Crippen molar-refractivity contribution in [3.63, 3.8) is 0 Å². The molecule has 13 rings (SSSR count). The molecular weight excluding hydrogens is 845 g/mol. The van der Waals surface area contributed by atoms with Crippen LogP contribution in [-0.2, 0) is 0 Å². The molecule has 0 bridgehead atoms. The third kappa shape index (κ3) is 6.97. The number of nitrogens with zero attached hydrogens (tertiary/aromatic N) is 2. The normalized spacial score (nSPS) is 11.4. The number of anilines is 3. The Bertz CT molecular complexity index is 3880. The van der Waals surface area contributed by atoms with Gasteiger partial charge in [0, 0.05) is 38.8 Å². The number of benzene rings is 12. The van der Waals surface area contributed by atoms with Gasteiger partial charge in [-0.05, 0) is 103 Å². The SMILES string of the molecule is c1ccc(-c2cccc3cccc(-c4ccccc4N(c4cccc(-c5cccc6c7ccccc7n(-c7ccccc7)c56)c4)c4ccccc4-c4cccc5cccc(-c6ccccc6)c45)c23)cc1. The molecule has 2 heteroatoms. The van der Waals surface area contributed by atoms with Crippen LogP contribution in [0.15, 0.2) is 279 Å². The van der Waals surface area contributed by atoms with Crippen LogP contribution in [0.5, 0.6) is 0 Å². The predicted octanol–water partition coefficient (Wildman–Crippen LogP) is 18.9. The number of hydrogen-bond acceptors (Lipinski definition) is 1. The molecule has 12 aromatic carbocycles. The minimum Gasteiger partial charge on any atom is -0.309 e. The van der Waals surface area contributed by atoms with Gasteiger partial charge in [0.25, 0.3) is 0 Å². The quantitative estimate of drug-likeness (QED) is 0.140. The molecule has 0 fully saturated rings. The second-order valence-corrected chi connectivity index (χ2v) is 18.0. The van der Waals surface area contributed by atoms with Gasteiger partial charge in [0.1, 0.15) is 0 Å². The molecule has 0 aliphatic carbocycles. The zero-order chi connectivity index (χ0) is 46.4. The summed E-state index contributed by atoms with van der Waals surface area (Å²) < 4.78 is 2.44. The average Bonchev–Trinajstić information content (AvgIpc) is 3.78. The summed E-state index contributed by atoms with van der Waals surface area (Å²) in [6.07, 6.45) is 0. The molecule has 0 N–H and O–H groups in total. The second-order valence-electron chi connectivity index (χ2n) is 18.0. The van der Waals surface area contributed by atoms with Gasteiger partial charge in [-0.3, -0.25) is 0 Å². The Balaban J connectivity index is 1.09. The first kappa shape index (κ1) is 41.0. The van der Waals surface area contributed by atoms with Gasteiger partial charge in [-0.25, -0.2) is 0 Å². The van der Waals surface area contributed by atoms with Crippen molar-refractivity contribution in [3.8, 4) is 61.3 Å². The van der Waals surface area contributed by atoms with Crippen molar-refractivity contribution in [2.24, 2.45) is 0 Å². The van der Waals surface area contributed by atoms with E-state index in [9.17, 15) is 0 Å². The van der Waals surface area contributed by atoms with Crippen molar-refractivity contribution in [1.29, 1.82) is 0 Å². The van der Waals surface area contributed by atoms with Crippen molar-refractivity contribution in [2.75, 3.05) is 4.90 Å². The van der Waals surface area contributed by atoms with Gasteiger partial charge >= 0.3 is 0 Å². The molecule has 2 nitrogen and oxygen atoms in total. The van der Waals surface area contributed by atoms with Crippen LogP contribution in [-0.4, -0.2) is 4.57 Å². The van der Waals surface area contributed by atoms with E-state index in [2.05, 4.69) is 289 Å². The smallest absolute Gasteiger partial charge is 0.0619 e. The van der Waals surface area contributed by atoms with E-state index in [1.807, 2.05) is 0 Å². The van der Waals surface area contributed by atoms with Gasteiger partial charge in [-0.15, -0.1) is 0 Å². The van der Waals surface area contributed by atoms with E-state index in [0.717, 1.165) is 39.4 Å². The summed E-state index contributed by atoms with van der Waals surface area (Å²) in [5, 5.41) is 7.33. The lowest BCUT2D eigenvalue weighted by Crippen LogP contribution is -2.13. The van der Waals surface area contributed by atoms with Gasteiger partial charge in [0.2, 0.25) is 0 Å². The first-order chi connectivity index (χ1) is 34.8. The molecule has 0 unspecified atom stereocenters. The third-order valence-electron chi connectivity index (χ3n) is 14.0. The molecular formula is C68H46N2. The van der Waals surface area contributed by atoms with Crippen molar-refractivity contribution >= 4 is 60.4 Å². The zero-order valence-electron chi connectivity index (χ0n) is 38.5. The first-order valence-electron chi connectivity index (χ1n) is 24.1. The summed E-state index contributed by atoms with van der Waals surface area (Å²) >= 11 is 0. The lowest BCUT2D eigenvalue weighted by Gasteiger charge is -2.31. The number of rotatable bonds is 9. The van der Waals surface area contributed by atoms with E-state index in [-0.39, 0.29) is 0 Å². The maximum Gasteiger partial charge on any atom is 0.0619 e. The maximum absolute atomic E-state index is 2.51. The Hall–Kier alpha value is -9.24. The Morgan fingerprint density at radius 3 is 1.27 bits per heavy atom. The molecule has 0 amide bonds. The van der Waals surface area contributed by atoms with Crippen molar-refractivity contribution < 1.29 is 0 Å². The van der Waals surface area contributed by atoms with E-state index in [1.54, 1.807) is 0 Å². The van der Waals surface area contributed by atoms with Crippen LogP contribution >= 0.6 is 0 Å². The summed E-state index contributed by atoms with van der Waals surface area (Å²) in [6.45, 7) is 0. The molecule has 0 aliphatic heterocycles. The van der Waals surface area contributed by atoms with Gasteiger partial charge in [0.05, 0.1) is 22.4 Å². The van der Waals surface area contributed by atoms with Gasteiger partial charge in [-0.1, -0.05) is 237 Å². The minimum atomic E-state index is 1.06. The van der Waals surface area contributed by atoms with E-state index >= 15 is 0 Å². The largest absolute Gasteiger partial charge is 0.309 e. The van der Waals surface area contributed by atoms with Gasteiger partial charge < -0.3 is 9.47 Å². The molecule has 0 atom stereocenters. The highest BCUT2D eigenvalue weighted by molar-refractivity contribution is 6.15. The Labute approximate surface area is 408 Å². The summed E-state index contributed by atoms with van der Waals surface area (Å²) in [4.78, 5) is 2.51. The van der Waals surface area contributed by atoms with E-state index in [1.165, 1.54) is 82.3 Å². The maximum atomic E-state index is 2.51. The predicted molar refractivity (Wildman–Crippen MR) is 298 cm³/mol. The fourth-order valence-corrected chi connectivity index (χ4v) is 11.0. The molecule has 13 aromatic rings. The average molecular weight is 891 g/mol. The highest BCUT2D eigenvalue weighted by Gasteiger charge is 2.24. The van der Waals surface area contributed by atoms with Crippen LogP contribution in [0, 0.1) is 0 Å². The van der Waals surface area contributed by atoms with Crippen LogP contribution in [0.25, 0.3) is 105 Å². The molecule has 0 spiro atoms. The lowest BCUT2D eigenvalue weighted by atomic mass is 9.89. The molecule has 328 valence electrons. The molecule has 0 saturated carbocycles. The zero-order valence-corrected chi connectivity index (χ0v) is 38.5. The van der Waals surface area contributed by atoms with Crippen molar-refractivity contribution in [3.05, 3.63) is 279 Å². The highest BCUT2D eigenvalue weighted by atomic mass is 15.1. The van der Waals surface area contributed by atoms with Crippen molar-refractivity contribution in [2.45, 2.75) is 0 Å². The third-order valence-corrected chi connectivity index (χ3v) is 14.0. The van der Waals surface area contributed by atoms with Gasteiger partial charge in [-0.2, -0.15) is 0 Å². The molecule has 0 aliphatic rings. The highest BCUT2D eigenvalue weighted by Crippen LogP contribution is 2.49. The van der Waals surface area contributed by atoms with E-state index in [0.29, 0.717) is 0 Å². The molecule has 1 heterocycles. The minimum absolute atomic E-state index is 1.06. The number of hydrogen-bond donors (Lipinski definition) is 0. The molecule has 1 aromatic heterocycles. The first-order valence-corrected chi connectivity index (χ1v) is 24.1. The number of fused-ring (bicyclic) bond motifs is 5. The fraction of sp³-hybridized carbons (Fsp3) is 0. The summed E-state index contributed by atoms with van der Waals surface area (Å²) in [7, 11) is 0. The standard InChI is InChI=1S/C68H46N2/c1-4-22-47(23-5-1)54-37-17-26-49-28-19-40-60(66(49)54)57-34-10-13-43-63(57)69(64-44-14-11-35-58(64)61-41-20-29-50-27-18-38-55(67(50)61)48-24-6-2-7-25-48)53-33-16-30-51(46-53)56-39-21-42-62-59-36-12-15-45-65(59)70(68(56)62)52-31-8-3-9-32-52/h1-46H. The number of para-hydroxylation sites is 5. The van der Waals surface area contributed by atoms with Crippen molar-refractivity contribution in [1.82, 2.24) is 4.57 Å². The summed E-state index contributed by atoms with van der Waals surface area (Å²) in [6, 6.07) is 102. The monoisotopic (exact) mass is 890 g/mol. The van der Waals surface area contributed by atoms with Crippen LogP contribution < -0.4 is 4.90 Å². The Kier molecular flexibility index (Phi) is 10.2. The van der Waals surface area contributed by atoms with Gasteiger partial charge in [0.15, 0.2) is 0 Å². The number of aromatic nitrogens is 1. The second kappa shape index (κ2) is 17.4. The topological polar surface area (TPSA) is 8.17 Å². The van der Waals surface area contributed by atoms with E-state index in [4.69, 9.17) is 0 Å². The van der Waals surface area contributed by atoms with Crippen LogP contribution in [0.1, 0.15) is 0 Å². The Morgan fingerprint density at radius 2 is 0.686 bits per heavy atom. The summed E-state index contributed by atoms with van der Waals surface area (Å²) in [5.41, 5.74) is 18.5.